The largest absolute Gasteiger partial charge is 0.494 e. The van der Waals surface area contributed by atoms with Crippen LogP contribution in [-0.4, -0.2) is 6.61 Å². The van der Waals surface area contributed by atoms with E-state index in [1.807, 2.05) is 30.4 Å². The lowest BCUT2D eigenvalue weighted by Crippen LogP contribution is -2.19. The summed E-state index contributed by atoms with van der Waals surface area (Å²) in [6, 6.07) is 21.1. The first kappa shape index (κ1) is 19.3. The molecule has 0 amide bonds. The highest BCUT2D eigenvalue weighted by atomic mass is 32.1. The zero-order chi connectivity index (χ0) is 19.1. The maximum atomic E-state index is 5.94. The average Bonchev–Trinajstić information content (AvgIpc) is 3.18. The van der Waals surface area contributed by atoms with E-state index in [4.69, 9.17) is 11.2 Å². The van der Waals surface area contributed by atoms with Crippen molar-refractivity contribution < 1.29 is 4.74 Å². The molecule has 0 aliphatic carbocycles. The normalized spacial score (nSPS) is 12.9. The van der Waals surface area contributed by atoms with Gasteiger partial charge in [-0.2, -0.15) is 0 Å². The Morgan fingerprint density at radius 3 is 2.44 bits per heavy atom. The molecule has 27 heavy (non-hydrogen) atoms. The SMILES string of the molecule is C#CC(C)(CCCc1sccc1-c1ccccc1)c1ccc(OCC)cc1. The van der Waals surface area contributed by atoms with Crippen LogP contribution in [0.4, 0.5) is 0 Å². The van der Waals surface area contributed by atoms with Crippen molar-refractivity contribution in [2.24, 2.45) is 0 Å². The standard InChI is InChI=1S/C25H26OS/c1-4-25(3,21-13-15-22(16-14-21)26-5-2)18-9-12-24-23(17-19-27-24)20-10-7-6-8-11-20/h1,6-8,10-11,13-17,19H,5,9,12,18H2,2-3H3. The Morgan fingerprint density at radius 1 is 1.04 bits per heavy atom. The molecule has 0 saturated heterocycles. The second kappa shape index (κ2) is 8.93. The fourth-order valence-electron chi connectivity index (χ4n) is 3.40. The van der Waals surface area contributed by atoms with Crippen molar-refractivity contribution in [2.75, 3.05) is 6.61 Å². The molecule has 0 aliphatic heterocycles. The molecule has 0 spiro atoms. The summed E-state index contributed by atoms with van der Waals surface area (Å²) in [7, 11) is 0. The third-order valence-electron chi connectivity index (χ3n) is 5.03. The van der Waals surface area contributed by atoms with Crippen LogP contribution in [0, 0.1) is 12.3 Å². The van der Waals surface area contributed by atoms with E-state index in [1.165, 1.54) is 21.6 Å². The van der Waals surface area contributed by atoms with Crippen LogP contribution >= 0.6 is 11.3 Å². The molecule has 3 aromatic rings. The third-order valence-corrected chi connectivity index (χ3v) is 6.01. The van der Waals surface area contributed by atoms with Crippen molar-refractivity contribution in [1.82, 2.24) is 0 Å². The van der Waals surface area contributed by atoms with Gasteiger partial charge in [0.1, 0.15) is 5.75 Å². The van der Waals surface area contributed by atoms with Crippen LogP contribution in [0.5, 0.6) is 5.75 Å². The van der Waals surface area contributed by atoms with Gasteiger partial charge in [-0.3, -0.25) is 0 Å². The summed E-state index contributed by atoms with van der Waals surface area (Å²) in [5.41, 5.74) is 3.57. The molecule has 2 heteroatoms. The minimum absolute atomic E-state index is 0.255. The molecule has 0 saturated carbocycles. The fourth-order valence-corrected chi connectivity index (χ4v) is 4.34. The molecule has 0 radical (unpaired) electrons. The van der Waals surface area contributed by atoms with Gasteiger partial charge in [0, 0.05) is 4.88 Å². The molecule has 0 bridgehead atoms. The number of terminal acetylenes is 1. The predicted octanol–water partition coefficient (Wildman–Crippen LogP) is 6.73. The number of hydrogen-bond acceptors (Lipinski definition) is 2. The van der Waals surface area contributed by atoms with Gasteiger partial charge >= 0.3 is 0 Å². The smallest absolute Gasteiger partial charge is 0.119 e. The highest BCUT2D eigenvalue weighted by Gasteiger charge is 2.24. The molecule has 1 atom stereocenters. The van der Waals surface area contributed by atoms with Gasteiger partial charge in [0.15, 0.2) is 0 Å². The predicted molar refractivity (Wildman–Crippen MR) is 116 cm³/mol. The Bertz CT molecular complexity index is 886. The van der Waals surface area contributed by atoms with Crippen molar-refractivity contribution >= 4 is 11.3 Å². The molecule has 0 fully saturated rings. The molecule has 1 unspecified atom stereocenters. The average molecular weight is 375 g/mol. The summed E-state index contributed by atoms with van der Waals surface area (Å²) in [6.07, 6.45) is 9.02. The highest BCUT2D eigenvalue weighted by molar-refractivity contribution is 7.10. The Hall–Kier alpha value is -2.50. The van der Waals surface area contributed by atoms with Crippen molar-refractivity contribution in [3.05, 3.63) is 76.5 Å². The van der Waals surface area contributed by atoms with Crippen LogP contribution < -0.4 is 4.74 Å². The Balaban J connectivity index is 1.67. The van der Waals surface area contributed by atoms with Gasteiger partial charge in [-0.25, -0.2) is 0 Å². The molecule has 138 valence electrons. The lowest BCUT2D eigenvalue weighted by Gasteiger charge is -2.24. The number of rotatable bonds is 8. The van der Waals surface area contributed by atoms with Gasteiger partial charge in [0.05, 0.1) is 12.0 Å². The highest BCUT2D eigenvalue weighted by Crippen LogP contribution is 2.33. The molecule has 3 rings (SSSR count). The number of benzene rings is 2. The molecular weight excluding hydrogens is 348 g/mol. The van der Waals surface area contributed by atoms with Crippen molar-refractivity contribution in [2.45, 2.75) is 38.5 Å². The van der Waals surface area contributed by atoms with E-state index in [0.717, 1.165) is 25.0 Å². The third kappa shape index (κ3) is 4.62. The van der Waals surface area contributed by atoms with E-state index in [0.29, 0.717) is 6.61 Å². The van der Waals surface area contributed by atoms with Gasteiger partial charge in [-0.1, -0.05) is 48.4 Å². The van der Waals surface area contributed by atoms with E-state index in [-0.39, 0.29) is 5.41 Å². The monoisotopic (exact) mass is 374 g/mol. The van der Waals surface area contributed by atoms with Crippen LogP contribution in [0.15, 0.2) is 66.0 Å². The minimum atomic E-state index is -0.255. The zero-order valence-corrected chi connectivity index (χ0v) is 16.9. The Morgan fingerprint density at radius 2 is 1.78 bits per heavy atom. The summed E-state index contributed by atoms with van der Waals surface area (Å²) in [5, 5.41) is 2.19. The number of ether oxygens (including phenoxy) is 1. The number of aryl methyl sites for hydroxylation is 1. The Labute approximate surface area is 167 Å². The summed E-state index contributed by atoms with van der Waals surface area (Å²) in [5.74, 6) is 3.93. The maximum Gasteiger partial charge on any atom is 0.119 e. The van der Waals surface area contributed by atoms with E-state index in [2.05, 4.69) is 66.8 Å². The van der Waals surface area contributed by atoms with Gasteiger partial charge in [-0.15, -0.1) is 17.8 Å². The molecule has 1 aromatic heterocycles. The van der Waals surface area contributed by atoms with Crippen LogP contribution in [0.3, 0.4) is 0 Å². The molecule has 1 heterocycles. The van der Waals surface area contributed by atoms with Crippen molar-refractivity contribution in [1.29, 1.82) is 0 Å². The second-order valence-electron chi connectivity index (χ2n) is 6.91. The summed E-state index contributed by atoms with van der Waals surface area (Å²) >= 11 is 1.84. The molecule has 1 nitrogen and oxygen atoms in total. The van der Waals surface area contributed by atoms with Crippen molar-refractivity contribution in [3.8, 4) is 29.2 Å². The lowest BCUT2D eigenvalue weighted by molar-refractivity contribution is 0.340. The van der Waals surface area contributed by atoms with Gasteiger partial charge in [-0.05, 0) is 73.4 Å². The molecule has 0 aliphatic rings. The zero-order valence-electron chi connectivity index (χ0n) is 16.1. The Kier molecular flexibility index (Phi) is 6.37. The fraction of sp³-hybridized carbons (Fsp3) is 0.280. The van der Waals surface area contributed by atoms with Gasteiger partial charge in [0.2, 0.25) is 0 Å². The molecule has 2 aromatic carbocycles. The molecular formula is C25H26OS. The summed E-state index contributed by atoms with van der Waals surface area (Å²) < 4.78 is 5.54. The van der Waals surface area contributed by atoms with Crippen LogP contribution in [0.25, 0.3) is 11.1 Å². The maximum absolute atomic E-state index is 5.94. The number of thiophene rings is 1. The van der Waals surface area contributed by atoms with Gasteiger partial charge < -0.3 is 4.74 Å². The topological polar surface area (TPSA) is 9.23 Å². The first-order valence-corrected chi connectivity index (χ1v) is 10.4. The first-order valence-electron chi connectivity index (χ1n) is 9.49. The van der Waals surface area contributed by atoms with Crippen LogP contribution in [0.1, 0.15) is 37.1 Å². The van der Waals surface area contributed by atoms with E-state index >= 15 is 0 Å². The lowest BCUT2D eigenvalue weighted by atomic mass is 9.79. The summed E-state index contributed by atoms with van der Waals surface area (Å²) in [6.45, 7) is 4.83. The number of hydrogen-bond donors (Lipinski definition) is 0. The quantitative estimate of drug-likeness (QED) is 0.397. The van der Waals surface area contributed by atoms with Crippen molar-refractivity contribution in [3.63, 3.8) is 0 Å². The summed E-state index contributed by atoms with van der Waals surface area (Å²) in [4.78, 5) is 1.44. The second-order valence-corrected chi connectivity index (χ2v) is 7.91. The van der Waals surface area contributed by atoms with E-state index < -0.39 is 0 Å². The molecule has 0 N–H and O–H groups in total. The van der Waals surface area contributed by atoms with Crippen LogP contribution in [-0.2, 0) is 11.8 Å². The van der Waals surface area contributed by atoms with E-state index in [1.54, 1.807) is 0 Å². The van der Waals surface area contributed by atoms with Gasteiger partial charge in [0.25, 0.3) is 0 Å². The van der Waals surface area contributed by atoms with Crippen LogP contribution in [0.2, 0.25) is 0 Å². The first-order chi connectivity index (χ1) is 13.2. The van der Waals surface area contributed by atoms with E-state index in [9.17, 15) is 0 Å². The minimum Gasteiger partial charge on any atom is -0.494 e.